The minimum atomic E-state index is -0.404. The van der Waals surface area contributed by atoms with E-state index in [1.54, 1.807) is 17.9 Å². The molecule has 0 saturated carbocycles. The summed E-state index contributed by atoms with van der Waals surface area (Å²) in [5, 5.41) is 12.9. The van der Waals surface area contributed by atoms with E-state index in [4.69, 9.17) is 9.26 Å². The van der Waals surface area contributed by atoms with Crippen LogP contribution >= 0.6 is 0 Å². The molecule has 1 aromatic rings. The number of hydrogen-bond acceptors (Lipinski definition) is 5. The lowest BCUT2D eigenvalue weighted by Gasteiger charge is -2.14. The minimum absolute atomic E-state index is 0.0707. The van der Waals surface area contributed by atoms with E-state index in [0.717, 1.165) is 0 Å². The number of β-amino-alcohol motifs (C(OH)–C–C–N with tert-alkyl or cyclic N) is 1. The summed E-state index contributed by atoms with van der Waals surface area (Å²) in [6, 6.07) is 1.62. The van der Waals surface area contributed by atoms with Gasteiger partial charge in [0, 0.05) is 19.2 Å². The first-order chi connectivity index (χ1) is 7.65. The van der Waals surface area contributed by atoms with Gasteiger partial charge in [-0.1, -0.05) is 0 Å². The van der Waals surface area contributed by atoms with Crippen LogP contribution in [0.1, 0.15) is 12.2 Å². The number of ether oxygens (including phenoxy) is 1. The zero-order chi connectivity index (χ0) is 11.5. The Kier molecular flexibility index (Phi) is 3.09. The Bertz CT molecular complexity index is 377. The van der Waals surface area contributed by atoms with E-state index in [1.807, 2.05) is 0 Å². The second kappa shape index (κ2) is 4.52. The van der Waals surface area contributed by atoms with Crippen molar-refractivity contribution in [1.29, 1.82) is 0 Å². The molecule has 1 aliphatic heterocycles. The summed E-state index contributed by atoms with van der Waals surface area (Å²) in [6.45, 7) is 2.65. The average molecular weight is 226 g/mol. The Balaban J connectivity index is 1.80. The minimum Gasteiger partial charge on any atom is -0.465 e. The van der Waals surface area contributed by atoms with Crippen LogP contribution in [0.25, 0.3) is 0 Å². The lowest BCUT2D eigenvalue weighted by Crippen LogP contribution is -2.33. The summed E-state index contributed by atoms with van der Waals surface area (Å²) in [6.07, 6.45) is 0.229. The molecule has 1 aromatic heterocycles. The molecule has 1 aliphatic rings. The molecule has 1 unspecified atom stereocenters. The third-order valence-electron chi connectivity index (χ3n) is 2.47. The van der Waals surface area contributed by atoms with Gasteiger partial charge in [-0.15, -0.1) is 0 Å². The molecule has 2 rings (SSSR count). The molecule has 0 bridgehead atoms. The van der Waals surface area contributed by atoms with Gasteiger partial charge in [0.15, 0.2) is 6.61 Å². The number of carbonyl (C=O) groups is 1. The molecule has 6 heteroatoms. The van der Waals surface area contributed by atoms with Crippen molar-refractivity contribution in [2.45, 2.75) is 19.4 Å². The van der Waals surface area contributed by atoms with Gasteiger partial charge in [0.1, 0.15) is 5.76 Å². The van der Waals surface area contributed by atoms with Crippen LogP contribution < -0.4 is 4.74 Å². The van der Waals surface area contributed by atoms with Crippen molar-refractivity contribution in [3.05, 3.63) is 11.8 Å². The molecule has 1 N–H and O–H groups in total. The second-order valence-corrected chi connectivity index (χ2v) is 3.85. The maximum absolute atomic E-state index is 11.6. The van der Waals surface area contributed by atoms with Gasteiger partial charge in [-0.3, -0.25) is 4.79 Å². The van der Waals surface area contributed by atoms with Crippen LogP contribution in [0.5, 0.6) is 5.88 Å². The van der Waals surface area contributed by atoms with Gasteiger partial charge in [-0.2, -0.15) is 0 Å². The number of rotatable bonds is 3. The third-order valence-corrected chi connectivity index (χ3v) is 2.47. The molecule has 1 atom stereocenters. The summed E-state index contributed by atoms with van der Waals surface area (Å²) < 4.78 is 9.96. The zero-order valence-corrected chi connectivity index (χ0v) is 9.05. The first-order valence-corrected chi connectivity index (χ1v) is 5.17. The smallest absolute Gasteiger partial charge is 0.260 e. The average Bonchev–Trinajstić information content (AvgIpc) is 2.84. The Hall–Kier alpha value is -1.56. The molecule has 0 spiro atoms. The first kappa shape index (κ1) is 10.9. The normalized spacial score (nSPS) is 20.1. The van der Waals surface area contributed by atoms with Gasteiger partial charge in [0.2, 0.25) is 0 Å². The van der Waals surface area contributed by atoms with Crippen LogP contribution in [0.15, 0.2) is 10.6 Å². The standard InChI is InChI=1S/C10H14N2O4/c1-7-4-9(11-16-7)15-6-10(14)12-3-2-8(13)5-12/h4,8,13H,2-3,5-6H2,1H3. The molecule has 1 fully saturated rings. The fourth-order valence-corrected chi connectivity index (χ4v) is 1.61. The largest absolute Gasteiger partial charge is 0.465 e. The number of aliphatic hydroxyl groups is 1. The number of amides is 1. The molecule has 88 valence electrons. The van der Waals surface area contributed by atoms with E-state index in [1.165, 1.54) is 0 Å². The van der Waals surface area contributed by atoms with E-state index in [0.29, 0.717) is 31.2 Å². The van der Waals surface area contributed by atoms with E-state index < -0.39 is 6.10 Å². The highest BCUT2D eigenvalue weighted by atomic mass is 16.5. The third kappa shape index (κ3) is 2.52. The van der Waals surface area contributed by atoms with Gasteiger partial charge in [-0.25, -0.2) is 0 Å². The number of aliphatic hydroxyl groups excluding tert-OH is 1. The molecular weight excluding hydrogens is 212 g/mol. The molecule has 6 nitrogen and oxygen atoms in total. The summed E-state index contributed by atoms with van der Waals surface area (Å²) in [5.41, 5.74) is 0. The van der Waals surface area contributed by atoms with Gasteiger partial charge in [-0.05, 0) is 18.5 Å². The van der Waals surface area contributed by atoms with Crippen molar-refractivity contribution in [3.8, 4) is 5.88 Å². The lowest BCUT2D eigenvalue weighted by molar-refractivity contribution is -0.132. The van der Waals surface area contributed by atoms with Crippen molar-refractivity contribution in [3.63, 3.8) is 0 Å². The maximum Gasteiger partial charge on any atom is 0.260 e. The summed E-state index contributed by atoms with van der Waals surface area (Å²) in [5.74, 6) is 0.807. The Morgan fingerprint density at radius 1 is 1.81 bits per heavy atom. The lowest BCUT2D eigenvalue weighted by atomic mass is 10.3. The summed E-state index contributed by atoms with van der Waals surface area (Å²) >= 11 is 0. The summed E-state index contributed by atoms with van der Waals surface area (Å²) in [4.78, 5) is 13.2. The molecule has 0 aliphatic carbocycles. The number of nitrogens with zero attached hydrogens (tertiary/aromatic N) is 2. The van der Waals surface area contributed by atoms with Gasteiger partial charge in [0.25, 0.3) is 11.8 Å². The van der Waals surface area contributed by atoms with Crippen molar-refractivity contribution < 1.29 is 19.2 Å². The van der Waals surface area contributed by atoms with Gasteiger partial charge in [0.05, 0.1) is 6.10 Å². The molecule has 0 radical (unpaired) electrons. The van der Waals surface area contributed by atoms with Gasteiger partial charge >= 0.3 is 0 Å². The molecule has 0 aromatic carbocycles. The van der Waals surface area contributed by atoms with E-state index >= 15 is 0 Å². The fraction of sp³-hybridized carbons (Fsp3) is 0.600. The number of carbonyl (C=O) groups excluding carboxylic acids is 1. The highest BCUT2D eigenvalue weighted by Crippen LogP contribution is 2.12. The molecular formula is C10H14N2O4. The molecule has 1 saturated heterocycles. The highest BCUT2D eigenvalue weighted by molar-refractivity contribution is 5.78. The fourth-order valence-electron chi connectivity index (χ4n) is 1.61. The van der Waals surface area contributed by atoms with E-state index in [9.17, 15) is 9.90 Å². The zero-order valence-electron chi connectivity index (χ0n) is 9.05. The van der Waals surface area contributed by atoms with Crippen LogP contribution in [0.2, 0.25) is 0 Å². The Morgan fingerprint density at radius 3 is 3.19 bits per heavy atom. The van der Waals surface area contributed by atoms with Crippen LogP contribution in [-0.2, 0) is 4.79 Å². The van der Waals surface area contributed by atoms with E-state index in [-0.39, 0.29) is 12.5 Å². The van der Waals surface area contributed by atoms with Crippen molar-refractivity contribution in [2.24, 2.45) is 0 Å². The Morgan fingerprint density at radius 2 is 2.62 bits per heavy atom. The van der Waals surface area contributed by atoms with Crippen molar-refractivity contribution in [2.75, 3.05) is 19.7 Å². The topological polar surface area (TPSA) is 75.8 Å². The molecule has 16 heavy (non-hydrogen) atoms. The first-order valence-electron chi connectivity index (χ1n) is 5.17. The SMILES string of the molecule is Cc1cc(OCC(=O)N2CCC(O)C2)no1. The molecule has 1 amide bonds. The predicted octanol–water partition coefficient (Wildman–Crippen LogP) is -0.0450. The van der Waals surface area contributed by atoms with Crippen LogP contribution in [0.4, 0.5) is 0 Å². The number of likely N-dealkylation sites (tertiary alicyclic amines) is 1. The number of aryl methyl sites for hydroxylation is 1. The van der Waals surface area contributed by atoms with Gasteiger partial charge < -0.3 is 19.3 Å². The molecule has 2 heterocycles. The second-order valence-electron chi connectivity index (χ2n) is 3.85. The van der Waals surface area contributed by atoms with Crippen molar-refractivity contribution >= 4 is 5.91 Å². The quantitative estimate of drug-likeness (QED) is 0.782. The monoisotopic (exact) mass is 226 g/mol. The van der Waals surface area contributed by atoms with Crippen LogP contribution in [-0.4, -0.2) is 46.9 Å². The predicted molar refractivity (Wildman–Crippen MR) is 53.9 cm³/mol. The van der Waals surface area contributed by atoms with Crippen LogP contribution in [0, 0.1) is 6.92 Å². The van der Waals surface area contributed by atoms with E-state index in [2.05, 4.69) is 5.16 Å². The number of hydrogen-bond donors (Lipinski definition) is 1. The number of aromatic nitrogens is 1. The van der Waals surface area contributed by atoms with Crippen molar-refractivity contribution in [1.82, 2.24) is 10.1 Å². The highest BCUT2D eigenvalue weighted by Gasteiger charge is 2.24. The van der Waals surface area contributed by atoms with Crippen LogP contribution in [0.3, 0.4) is 0 Å². The Labute approximate surface area is 92.8 Å². The summed E-state index contributed by atoms with van der Waals surface area (Å²) in [7, 11) is 0. The maximum atomic E-state index is 11.6.